The predicted molar refractivity (Wildman–Crippen MR) is 94.6 cm³/mol. The molecule has 0 fully saturated rings. The zero-order valence-corrected chi connectivity index (χ0v) is 14.5. The fourth-order valence-corrected chi connectivity index (χ4v) is 3.80. The minimum atomic E-state index is -0.606. The number of rotatable bonds is 6. The first-order valence-electron chi connectivity index (χ1n) is 7.34. The Balaban J connectivity index is 1.54. The van der Waals surface area contributed by atoms with Crippen molar-refractivity contribution in [2.24, 2.45) is 0 Å². The molecule has 0 unspecified atom stereocenters. The van der Waals surface area contributed by atoms with E-state index in [4.69, 9.17) is 0 Å². The molecule has 4 nitrogen and oxygen atoms in total. The normalized spacial score (nSPS) is 10.6. The second-order valence-corrected chi connectivity index (χ2v) is 7.31. The second-order valence-electron chi connectivity index (χ2n) is 5.11. The fourth-order valence-electron chi connectivity index (χ4n) is 2.04. The number of hydrogen-bond acceptors (Lipinski definition) is 5. The Kier molecular flexibility index (Phi) is 5.72. The van der Waals surface area contributed by atoms with E-state index in [9.17, 15) is 13.6 Å². The third kappa shape index (κ3) is 5.07. The van der Waals surface area contributed by atoms with Gasteiger partial charge >= 0.3 is 0 Å². The topological polar surface area (TPSA) is 54.9 Å². The Morgan fingerprint density at radius 3 is 2.68 bits per heavy atom. The Morgan fingerprint density at radius 2 is 1.92 bits per heavy atom. The van der Waals surface area contributed by atoms with Crippen LogP contribution in [0.4, 0.5) is 13.9 Å². The van der Waals surface area contributed by atoms with Gasteiger partial charge < -0.3 is 5.32 Å². The molecule has 0 aliphatic heterocycles. The summed E-state index contributed by atoms with van der Waals surface area (Å²) in [7, 11) is 0. The second kappa shape index (κ2) is 8.17. The van der Waals surface area contributed by atoms with E-state index in [0.29, 0.717) is 20.8 Å². The van der Waals surface area contributed by atoms with Crippen LogP contribution in [0.2, 0.25) is 0 Å². The van der Waals surface area contributed by atoms with Crippen molar-refractivity contribution in [1.82, 2.24) is 10.2 Å². The average Bonchev–Trinajstić information content (AvgIpc) is 3.02. The van der Waals surface area contributed by atoms with E-state index in [0.717, 1.165) is 11.6 Å². The molecule has 0 radical (unpaired) electrons. The number of halogens is 2. The van der Waals surface area contributed by atoms with Crippen molar-refractivity contribution in [2.75, 3.05) is 5.32 Å². The molecule has 3 aromatic rings. The lowest BCUT2D eigenvalue weighted by Crippen LogP contribution is -2.14. The van der Waals surface area contributed by atoms with Crippen LogP contribution in [-0.4, -0.2) is 16.1 Å². The zero-order chi connectivity index (χ0) is 17.6. The van der Waals surface area contributed by atoms with Crippen molar-refractivity contribution in [3.05, 3.63) is 71.3 Å². The van der Waals surface area contributed by atoms with Gasteiger partial charge in [-0.15, -0.1) is 10.2 Å². The van der Waals surface area contributed by atoms with Gasteiger partial charge in [-0.05, 0) is 17.2 Å². The molecular weight excluding hydrogens is 364 g/mol. The molecule has 8 heteroatoms. The van der Waals surface area contributed by atoms with E-state index < -0.39 is 11.6 Å². The van der Waals surface area contributed by atoms with E-state index in [1.54, 1.807) is 0 Å². The van der Waals surface area contributed by atoms with Crippen LogP contribution in [0, 0.1) is 11.6 Å². The Bertz CT molecular complexity index is 871. The largest absolute Gasteiger partial charge is 0.300 e. The van der Waals surface area contributed by atoms with Gasteiger partial charge in [-0.1, -0.05) is 59.5 Å². The van der Waals surface area contributed by atoms with E-state index >= 15 is 0 Å². The summed E-state index contributed by atoms with van der Waals surface area (Å²) in [6, 6.07) is 12.9. The third-order valence-corrected chi connectivity index (χ3v) is 5.25. The highest BCUT2D eigenvalue weighted by molar-refractivity contribution is 8.00. The lowest BCUT2D eigenvalue weighted by atomic mass is 10.1. The monoisotopic (exact) mass is 377 g/mol. The number of anilines is 1. The van der Waals surface area contributed by atoms with Crippen molar-refractivity contribution < 1.29 is 13.6 Å². The zero-order valence-electron chi connectivity index (χ0n) is 12.9. The number of carbonyl (C=O) groups is 1. The van der Waals surface area contributed by atoms with Crippen LogP contribution in [-0.2, 0) is 17.0 Å². The maximum atomic E-state index is 13.6. The molecule has 128 valence electrons. The standard InChI is InChI=1S/C17H13F2N3OS2/c18-13-7-6-12(14(19)9-13)10-24-17-22-21-16(25-17)20-15(23)8-11-4-2-1-3-5-11/h1-7,9H,8,10H2,(H,20,21,23). The van der Waals surface area contributed by atoms with Crippen molar-refractivity contribution in [3.8, 4) is 0 Å². The number of nitrogens with one attached hydrogen (secondary N) is 1. The molecule has 1 N–H and O–H groups in total. The number of nitrogens with zero attached hydrogens (tertiary/aromatic N) is 2. The summed E-state index contributed by atoms with van der Waals surface area (Å²) in [4.78, 5) is 12.0. The highest BCUT2D eigenvalue weighted by Crippen LogP contribution is 2.29. The van der Waals surface area contributed by atoms with E-state index in [2.05, 4.69) is 15.5 Å². The van der Waals surface area contributed by atoms with Crippen molar-refractivity contribution in [1.29, 1.82) is 0 Å². The van der Waals surface area contributed by atoms with Gasteiger partial charge in [0.1, 0.15) is 11.6 Å². The van der Waals surface area contributed by atoms with Crippen molar-refractivity contribution >= 4 is 34.1 Å². The maximum Gasteiger partial charge on any atom is 0.230 e. The summed E-state index contributed by atoms with van der Waals surface area (Å²) in [6.07, 6.45) is 0.254. The SMILES string of the molecule is O=C(Cc1ccccc1)Nc1nnc(SCc2ccc(F)cc2F)s1. The number of thioether (sulfide) groups is 1. The van der Waals surface area contributed by atoms with Crippen LogP contribution in [0.5, 0.6) is 0 Å². The molecule has 0 saturated carbocycles. The first-order valence-corrected chi connectivity index (χ1v) is 9.14. The van der Waals surface area contributed by atoms with Crippen molar-refractivity contribution in [2.45, 2.75) is 16.5 Å². The van der Waals surface area contributed by atoms with Crippen LogP contribution in [0.1, 0.15) is 11.1 Å². The molecule has 0 aliphatic rings. The molecule has 0 aliphatic carbocycles. The smallest absolute Gasteiger partial charge is 0.230 e. The average molecular weight is 377 g/mol. The molecule has 3 rings (SSSR count). The molecule has 0 spiro atoms. The number of aromatic nitrogens is 2. The maximum absolute atomic E-state index is 13.6. The molecule has 25 heavy (non-hydrogen) atoms. The highest BCUT2D eigenvalue weighted by Gasteiger charge is 2.11. The van der Waals surface area contributed by atoms with Gasteiger partial charge in [0, 0.05) is 11.8 Å². The third-order valence-electron chi connectivity index (χ3n) is 3.23. The molecular formula is C17H13F2N3OS2. The summed E-state index contributed by atoms with van der Waals surface area (Å²) in [5.74, 6) is -1.07. The van der Waals surface area contributed by atoms with Gasteiger partial charge in [-0.2, -0.15) is 0 Å². The number of amides is 1. The van der Waals surface area contributed by atoms with Gasteiger partial charge in [0.05, 0.1) is 6.42 Å². The number of benzene rings is 2. The van der Waals surface area contributed by atoms with Gasteiger partial charge in [-0.3, -0.25) is 4.79 Å². The lowest BCUT2D eigenvalue weighted by Gasteiger charge is -2.01. The molecule has 0 atom stereocenters. The Hall–Kier alpha value is -2.32. The van der Waals surface area contributed by atoms with Gasteiger partial charge in [0.2, 0.25) is 11.0 Å². The van der Waals surface area contributed by atoms with Crippen LogP contribution in [0.3, 0.4) is 0 Å². The minimum Gasteiger partial charge on any atom is -0.300 e. The molecule has 1 aromatic heterocycles. The Morgan fingerprint density at radius 1 is 1.12 bits per heavy atom. The molecule has 1 heterocycles. The molecule has 0 bridgehead atoms. The predicted octanol–water partition coefficient (Wildman–Crippen LogP) is 4.29. The molecule has 0 saturated heterocycles. The van der Waals surface area contributed by atoms with Gasteiger partial charge in [0.25, 0.3) is 0 Å². The van der Waals surface area contributed by atoms with Gasteiger partial charge in [-0.25, -0.2) is 8.78 Å². The first-order chi connectivity index (χ1) is 12.1. The highest BCUT2D eigenvalue weighted by atomic mass is 32.2. The van der Waals surface area contributed by atoms with E-state index in [-0.39, 0.29) is 12.3 Å². The Labute approximate surface area is 151 Å². The lowest BCUT2D eigenvalue weighted by molar-refractivity contribution is -0.115. The van der Waals surface area contributed by atoms with Crippen molar-refractivity contribution in [3.63, 3.8) is 0 Å². The van der Waals surface area contributed by atoms with Crippen LogP contribution in [0.25, 0.3) is 0 Å². The molecule has 2 aromatic carbocycles. The summed E-state index contributed by atoms with van der Waals surface area (Å²) in [5.41, 5.74) is 1.29. The van der Waals surface area contributed by atoms with Gasteiger partial charge in [0.15, 0.2) is 4.34 Å². The number of carbonyl (C=O) groups excluding carboxylic acids is 1. The molecule has 1 amide bonds. The first kappa shape index (κ1) is 17.5. The minimum absolute atomic E-state index is 0.177. The quantitative estimate of drug-likeness (QED) is 0.514. The van der Waals surface area contributed by atoms with Crippen LogP contribution >= 0.6 is 23.1 Å². The summed E-state index contributed by atoms with van der Waals surface area (Å²) in [6.45, 7) is 0. The van der Waals surface area contributed by atoms with Crippen LogP contribution in [0.15, 0.2) is 52.9 Å². The van der Waals surface area contributed by atoms with E-state index in [1.807, 2.05) is 30.3 Å². The van der Waals surface area contributed by atoms with E-state index in [1.165, 1.54) is 35.2 Å². The summed E-state index contributed by atoms with van der Waals surface area (Å²) in [5, 5.41) is 11.0. The summed E-state index contributed by atoms with van der Waals surface area (Å²) < 4.78 is 27.1. The summed E-state index contributed by atoms with van der Waals surface area (Å²) >= 11 is 2.49. The number of hydrogen-bond donors (Lipinski definition) is 1. The van der Waals surface area contributed by atoms with Crippen LogP contribution < -0.4 is 5.32 Å². The fraction of sp³-hybridized carbons (Fsp3) is 0.118.